The van der Waals surface area contributed by atoms with Crippen molar-refractivity contribution in [3.63, 3.8) is 0 Å². The number of benzene rings is 1. The molecule has 3 aliphatic rings. The van der Waals surface area contributed by atoms with Gasteiger partial charge in [0.05, 0.1) is 0 Å². The van der Waals surface area contributed by atoms with Crippen molar-refractivity contribution in [2.45, 2.75) is 25.4 Å². The Morgan fingerprint density at radius 2 is 1.82 bits per heavy atom. The number of fused-ring (bicyclic) bond motifs is 3. The van der Waals surface area contributed by atoms with Gasteiger partial charge in [-0.2, -0.15) is 0 Å². The summed E-state index contributed by atoms with van der Waals surface area (Å²) in [4.78, 5) is 2.24. The monoisotopic (exact) mass is 229 g/mol. The molecule has 0 radical (unpaired) electrons. The summed E-state index contributed by atoms with van der Waals surface area (Å²) in [6.45, 7) is 8.30. The van der Waals surface area contributed by atoms with Gasteiger partial charge in [0, 0.05) is 24.7 Å². The molecule has 0 spiro atoms. The van der Waals surface area contributed by atoms with Crippen molar-refractivity contribution in [2.24, 2.45) is 5.92 Å². The zero-order valence-electron chi connectivity index (χ0n) is 10.3. The van der Waals surface area contributed by atoms with Crippen molar-refractivity contribution in [1.82, 2.24) is 4.90 Å². The fraction of sp³-hybridized carbons (Fsp3) is 0.467. The number of hydrogen-bond donors (Lipinski definition) is 1. The second kappa shape index (κ2) is 3.61. The van der Waals surface area contributed by atoms with Crippen molar-refractivity contribution in [3.8, 4) is 0 Å². The molecule has 1 aromatic carbocycles. The van der Waals surface area contributed by atoms with Crippen LogP contribution in [0.3, 0.4) is 0 Å². The lowest BCUT2D eigenvalue weighted by Gasteiger charge is -2.53. The van der Waals surface area contributed by atoms with E-state index in [-0.39, 0.29) is 0 Å². The Hall–Kier alpha value is -1.28. The molecule has 4 rings (SSSR count). The summed E-state index contributed by atoms with van der Waals surface area (Å²) in [5.74, 6) is 0.336. The third kappa shape index (κ3) is 1.44. The zero-order valence-corrected chi connectivity index (χ0v) is 10.3. The molecule has 0 aromatic heterocycles. The van der Waals surface area contributed by atoms with Crippen molar-refractivity contribution in [3.05, 3.63) is 47.7 Å². The minimum absolute atomic E-state index is 0.336. The molecule has 3 aliphatic heterocycles. The fourth-order valence-electron chi connectivity index (χ4n) is 3.25. The van der Waals surface area contributed by atoms with Crippen LogP contribution in [0.15, 0.2) is 36.5 Å². The number of piperidine rings is 3. The predicted octanol–water partition coefficient (Wildman–Crippen LogP) is 2.42. The maximum atomic E-state index is 11.1. The lowest BCUT2D eigenvalue weighted by atomic mass is 9.69. The molecule has 1 atom stereocenters. The van der Waals surface area contributed by atoms with Crippen molar-refractivity contribution < 1.29 is 5.11 Å². The van der Waals surface area contributed by atoms with Crippen LogP contribution in [0, 0.1) is 12.8 Å². The second-order valence-corrected chi connectivity index (χ2v) is 5.34. The van der Waals surface area contributed by atoms with Crippen molar-refractivity contribution in [1.29, 1.82) is 0 Å². The quantitative estimate of drug-likeness (QED) is 0.799. The van der Waals surface area contributed by atoms with Crippen LogP contribution in [0.25, 0.3) is 0 Å². The maximum absolute atomic E-state index is 11.1. The Morgan fingerprint density at radius 1 is 1.24 bits per heavy atom. The Balaban J connectivity index is 2.05. The van der Waals surface area contributed by atoms with Gasteiger partial charge in [0.15, 0.2) is 0 Å². The topological polar surface area (TPSA) is 23.5 Å². The van der Waals surface area contributed by atoms with Gasteiger partial charge >= 0.3 is 0 Å². The van der Waals surface area contributed by atoms with Gasteiger partial charge in [-0.15, -0.1) is 0 Å². The van der Waals surface area contributed by atoms with Gasteiger partial charge < -0.3 is 10.0 Å². The lowest BCUT2D eigenvalue weighted by Crippen LogP contribution is -2.54. The maximum Gasteiger partial charge on any atom is 0.131 e. The van der Waals surface area contributed by atoms with Crippen LogP contribution in [0.1, 0.15) is 24.0 Å². The molecule has 0 aliphatic carbocycles. The minimum atomic E-state index is -0.829. The normalized spacial score (nSPS) is 32.0. The molecule has 1 aromatic rings. The number of aryl methyl sites for hydroxylation is 1. The summed E-state index contributed by atoms with van der Waals surface area (Å²) in [5.41, 5.74) is 2.29. The second-order valence-electron chi connectivity index (χ2n) is 5.34. The van der Waals surface area contributed by atoms with Gasteiger partial charge in [0.1, 0.15) is 5.60 Å². The van der Waals surface area contributed by atoms with Gasteiger partial charge in [0.25, 0.3) is 0 Å². The molecule has 0 amide bonds. The molecule has 3 fully saturated rings. The Labute approximate surface area is 103 Å². The third-order valence-electron chi connectivity index (χ3n) is 4.40. The largest absolute Gasteiger partial charge is 0.379 e. The molecule has 3 saturated heterocycles. The van der Waals surface area contributed by atoms with E-state index in [0.717, 1.165) is 37.2 Å². The summed E-state index contributed by atoms with van der Waals surface area (Å²) in [5, 5.41) is 11.1. The van der Waals surface area contributed by atoms with Crippen molar-refractivity contribution in [2.75, 3.05) is 13.1 Å². The van der Waals surface area contributed by atoms with Crippen LogP contribution < -0.4 is 0 Å². The fourth-order valence-corrected chi connectivity index (χ4v) is 3.25. The lowest BCUT2D eigenvalue weighted by molar-refractivity contribution is -0.0759. The third-order valence-corrected chi connectivity index (χ3v) is 4.40. The smallest absolute Gasteiger partial charge is 0.131 e. The molecule has 0 unspecified atom stereocenters. The number of nitrogens with zero attached hydrogens (tertiary/aromatic N) is 1. The first kappa shape index (κ1) is 10.8. The Morgan fingerprint density at radius 3 is 2.35 bits per heavy atom. The van der Waals surface area contributed by atoms with E-state index < -0.39 is 5.60 Å². The molecule has 2 bridgehead atoms. The van der Waals surface area contributed by atoms with Crippen LogP contribution in [-0.2, 0) is 5.60 Å². The van der Waals surface area contributed by atoms with E-state index in [0.29, 0.717) is 5.92 Å². The summed E-state index contributed by atoms with van der Waals surface area (Å²) in [7, 11) is 0. The number of rotatable bonds is 1. The van der Waals surface area contributed by atoms with Gasteiger partial charge in [0.2, 0.25) is 0 Å². The van der Waals surface area contributed by atoms with E-state index in [2.05, 4.69) is 30.5 Å². The summed E-state index contributed by atoms with van der Waals surface area (Å²) in [6, 6.07) is 8.22. The molecular formula is C15H19NO. The zero-order chi connectivity index (χ0) is 12.0. The van der Waals surface area contributed by atoms with E-state index in [1.807, 2.05) is 12.1 Å². The van der Waals surface area contributed by atoms with E-state index >= 15 is 0 Å². The first-order valence-corrected chi connectivity index (χ1v) is 6.36. The van der Waals surface area contributed by atoms with Gasteiger partial charge in [-0.3, -0.25) is 0 Å². The Bertz CT molecular complexity index is 442. The van der Waals surface area contributed by atoms with E-state index in [4.69, 9.17) is 0 Å². The highest BCUT2D eigenvalue weighted by Gasteiger charge is 2.49. The summed E-state index contributed by atoms with van der Waals surface area (Å²) < 4.78 is 0. The SMILES string of the molecule is C=C1N2CCC(CC2)[C@]1(O)c1ccc(C)cc1. The van der Waals surface area contributed by atoms with Crippen LogP contribution in [0.5, 0.6) is 0 Å². The summed E-state index contributed by atoms with van der Waals surface area (Å²) in [6.07, 6.45) is 2.15. The molecule has 2 nitrogen and oxygen atoms in total. The average molecular weight is 229 g/mol. The number of aliphatic hydroxyl groups is 1. The van der Waals surface area contributed by atoms with Gasteiger partial charge in [-0.05, 0) is 25.3 Å². The molecule has 0 saturated carbocycles. The average Bonchev–Trinajstić information content (AvgIpc) is 2.36. The van der Waals surface area contributed by atoms with Gasteiger partial charge in [-0.1, -0.05) is 36.4 Å². The minimum Gasteiger partial charge on any atom is -0.379 e. The highest BCUT2D eigenvalue weighted by atomic mass is 16.3. The molecule has 1 N–H and O–H groups in total. The van der Waals surface area contributed by atoms with Crippen LogP contribution in [0.2, 0.25) is 0 Å². The Kier molecular flexibility index (Phi) is 2.30. The van der Waals surface area contributed by atoms with Gasteiger partial charge in [-0.25, -0.2) is 0 Å². The first-order valence-electron chi connectivity index (χ1n) is 6.36. The molecule has 90 valence electrons. The van der Waals surface area contributed by atoms with E-state index in [1.165, 1.54) is 5.56 Å². The summed E-state index contributed by atoms with van der Waals surface area (Å²) >= 11 is 0. The highest BCUT2D eigenvalue weighted by Crippen LogP contribution is 2.48. The van der Waals surface area contributed by atoms with Crippen LogP contribution >= 0.6 is 0 Å². The van der Waals surface area contributed by atoms with Crippen LogP contribution in [0.4, 0.5) is 0 Å². The van der Waals surface area contributed by atoms with E-state index in [9.17, 15) is 5.11 Å². The van der Waals surface area contributed by atoms with E-state index in [1.54, 1.807) is 0 Å². The standard InChI is InChI=1S/C15H19NO/c1-11-3-5-13(6-4-11)15(17)12(2)16-9-7-14(15)8-10-16/h3-6,14,17H,2,7-10H2,1H3/t15-/m1/s1. The molecular weight excluding hydrogens is 210 g/mol. The molecule has 3 heterocycles. The first-order chi connectivity index (χ1) is 8.12. The highest BCUT2D eigenvalue weighted by molar-refractivity contribution is 5.36. The predicted molar refractivity (Wildman–Crippen MR) is 68.5 cm³/mol. The van der Waals surface area contributed by atoms with Crippen LogP contribution in [-0.4, -0.2) is 23.1 Å². The number of hydrogen-bond acceptors (Lipinski definition) is 2. The molecule has 17 heavy (non-hydrogen) atoms. The van der Waals surface area contributed by atoms with Crippen molar-refractivity contribution >= 4 is 0 Å². The molecule has 2 heteroatoms.